The molecule has 176 valence electrons. The summed E-state index contributed by atoms with van der Waals surface area (Å²) in [5.41, 5.74) is 2.99. The van der Waals surface area contributed by atoms with Crippen molar-refractivity contribution in [2.24, 2.45) is 5.41 Å². The van der Waals surface area contributed by atoms with Crippen LogP contribution in [-0.2, 0) is 11.2 Å². The van der Waals surface area contributed by atoms with Crippen LogP contribution in [0.4, 0.5) is 0 Å². The van der Waals surface area contributed by atoms with E-state index in [4.69, 9.17) is 9.47 Å². The summed E-state index contributed by atoms with van der Waals surface area (Å²) in [5.74, 6) is 1.39. The van der Waals surface area contributed by atoms with Crippen molar-refractivity contribution in [1.29, 1.82) is 0 Å². The van der Waals surface area contributed by atoms with Crippen molar-refractivity contribution in [2.75, 3.05) is 47.4 Å². The Morgan fingerprint density at radius 1 is 1.06 bits per heavy atom. The fourth-order valence-electron chi connectivity index (χ4n) is 5.39. The molecule has 0 bridgehead atoms. The van der Waals surface area contributed by atoms with Crippen LogP contribution in [0.1, 0.15) is 50.2 Å². The van der Waals surface area contributed by atoms with Gasteiger partial charge >= 0.3 is 0 Å². The molecule has 4 nitrogen and oxygen atoms in total. The van der Waals surface area contributed by atoms with Crippen LogP contribution in [-0.4, -0.2) is 57.9 Å². The predicted octanol–water partition coefficient (Wildman–Crippen LogP) is 5.14. The Bertz CT molecular complexity index is 804. The summed E-state index contributed by atoms with van der Waals surface area (Å²) in [4.78, 5) is 2.33. The molecule has 0 amide bonds. The maximum Gasteiger partial charge on any atom is 0.118 e. The second kappa shape index (κ2) is 11.3. The molecule has 1 saturated heterocycles. The molecule has 0 aromatic heterocycles. The molecule has 1 heterocycles. The Morgan fingerprint density at radius 2 is 1.78 bits per heavy atom. The minimum absolute atomic E-state index is 0.0467. The van der Waals surface area contributed by atoms with Crippen LogP contribution in [0.3, 0.4) is 0 Å². The molecule has 1 aliphatic rings. The van der Waals surface area contributed by atoms with Gasteiger partial charge in [0.25, 0.3) is 0 Å². The zero-order valence-corrected chi connectivity index (χ0v) is 20.7. The Hall–Kier alpha value is -1.88. The molecule has 2 aromatic rings. The lowest BCUT2D eigenvalue weighted by Gasteiger charge is -2.46. The van der Waals surface area contributed by atoms with E-state index in [1.165, 1.54) is 11.1 Å². The predicted molar refractivity (Wildman–Crippen MR) is 134 cm³/mol. The van der Waals surface area contributed by atoms with E-state index >= 15 is 0 Å². The van der Waals surface area contributed by atoms with Gasteiger partial charge in [-0.15, -0.1) is 0 Å². The number of hydrogen-bond acceptors (Lipinski definition) is 4. The van der Waals surface area contributed by atoms with Gasteiger partial charge in [0, 0.05) is 25.1 Å². The molecule has 0 aliphatic carbocycles. The van der Waals surface area contributed by atoms with E-state index in [1.54, 1.807) is 7.11 Å². The summed E-state index contributed by atoms with van der Waals surface area (Å²) in [5, 5.41) is 3.84. The largest absolute Gasteiger partial charge is 0.497 e. The lowest BCUT2D eigenvalue weighted by molar-refractivity contribution is -0.109. The van der Waals surface area contributed by atoms with E-state index in [2.05, 4.69) is 92.8 Å². The molecule has 1 N–H and O–H groups in total. The lowest BCUT2D eigenvalue weighted by atomic mass is 9.73. The SMILES string of the molecule is COc1ccc(C(CCNCC2(CN(C)C)CCOC(C)(C)C2)Cc2ccccc2)cc1. The van der Waals surface area contributed by atoms with Crippen LogP contribution >= 0.6 is 0 Å². The molecule has 0 radical (unpaired) electrons. The van der Waals surface area contributed by atoms with Crippen LogP contribution < -0.4 is 10.1 Å². The Morgan fingerprint density at radius 3 is 2.41 bits per heavy atom. The summed E-state index contributed by atoms with van der Waals surface area (Å²) in [6.07, 6.45) is 4.38. The van der Waals surface area contributed by atoms with Gasteiger partial charge in [-0.05, 0) is 89.3 Å². The van der Waals surface area contributed by atoms with Gasteiger partial charge in [0.1, 0.15) is 5.75 Å². The van der Waals surface area contributed by atoms with E-state index < -0.39 is 0 Å². The normalized spacial score (nSPS) is 21.4. The smallest absolute Gasteiger partial charge is 0.118 e. The van der Waals surface area contributed by atoms with Crippen LogP contribution in [0.15, 0.2) is 54.6 Å². The van der Waals surface area contributed by atoms with Crippen molar-refractivity contribution in [2.45, 2.75) is 51.0 Å². The Kier molecular flexibility index (Phi) is 8.75. The monoisotopic (exact) mass is 438 g/mol. The van der Waals surface area contributed by atoms with Crippen LogP contribution in [0.5, 0.6) is 5.75 Å². The Labute approximate surface area is 195 Å². The molecule has 32 heavy (non-hydrogen) atoms. The molecule has 1 aliphatic heterocycles. The summed E-state index contributed by atoms with van der Waals surface area (Å²) in [6, 6.07) is 19.4. The van der Waals surface area contributed by atoms with Gasteiger partial charge in [-0.1, -0.05) is 42.5 Å². The van der Waals surface area contributed by atoms with E-state index in [0.29, 0.717) is 5.92 Å². The highest BCUT2D eigenvalue weighted by Gasteiger charge is 2.40. The van der Waals surface area contributed by atoms with Gasteiger partial charge in [-0.3, -0.25) is 0 Å². The minimum atomic E-state index is -0.0467. The van der Waals surface area contributed by atoms with Gasteiger partial charge in [0.05, 0.1) is 12.7 Å². The number of nitrogens with zero attached hydrogens (tertiary/aromatic N) is 1. The van der Waals surface area contributed by atoms with E-state index in [1.807, 2.05) is 0 Å². The standard InChI is InChI=1S/C28H42N2O2/c1-27(2)20-28(16-18-32-27,22-30(3)4)21-29-17-15-25(19-23-9-7-6-8-10-23)24-11-13-26(31-5)14-12-24/h6-14,25,29H,15-22H2,1-5H3. The van der Waals surface area contributed by atoms with Crippen molar-refractivity contribution < 1.29 is 9.47 Å². The highest BCUT2D eigenvalue weighted by molar-refractivity contribution is 5.31. The third kappa shape index (κ3) is 7.33. The van der Waals surface area contributed by atoms with Crippen molar-refractivity contribution >= 4 is 0 Å². The number of nitrogens with one attached hydrogen (secondary N) is 1. The molecular weight excluding hydrogens is 396 g/mol. The zero-order chi connectivity index (χ0) is 23.0. The van der Waals surface area contributed by atoms with Gasteiger partial charge in [-0.25, -0.2) is 0 Å². The van der Waals surface area contributed by atoms with Crippen LogP contribution in [0, 0.1) is 5.41 Å². The number of benzene rings is 2. The van der Waals surface area contributed by atoms with E-state index in [-0.39, 0.29) is 11.0 Å². The fraction of sp³-hybridized carbons (Fsp3) is 0.571. The number of methoxy groups -OCH3 is 1. The molecule has 0 saturated carbocycles. The highest BCUT2D eigenvalue weighted by Crippen LogP contribution is 2.39. The first-order valence-corrected chi connectivity index (χ1v) is 12.0. The average molecular weight is 439 g/mol. The minimum Gasteiger partial charge on any atom is -0.497 e. The van der Waals surface area contributed by atoms with Gasteiger partial charge in [0.15, 0.2) is 0 Å². The molecule has 2 atom stereocenters. The summed E-state index contributed by atoms with van der Waals surface area (Å²) in [7, 11) is 6.09. The molecular formula is C28H42N2O2. The molecule has 2 unspecified atom stereocenters. The fourth-order valence-corrected chi connectivity index (χ4v) is 5.39. The van der Waals surface area contributed by atoms with Gasteiger partial charge in [0.2, 0.25) is 0 Å². The van der Waals surface area contributed by atoms with E-state index in [0.717, 1.165) is 57.7 Å². The Balaban J connectivity index is 1.64. The van der Waals surface area contributed by atoms with Crippen molar-refractivity contribution in [1.82, 2.24) is 10.2 Å². The maximum absolute atomic E-state index is 6.03. The summed E-state index contributed by atoms with van der Waals surface area (Å²) < 4.78 is 11.4. The van der Waals surface area contributed by atoms with Gasteiger partial charge in [-0.2, -0.15) is 0 Å². The molecule has 0 spiro atoms. The first-order chi connectivity index (χ1) is 15.3. The van der Waals surface area contributed by atoms with Crippen molar-refractivity contribution in [3.05, 3.63) is 65.7 Å². The number of rotatable bonds is 11. The second-order valence-electron chi connectivity index (χ2n) is 10.4. The molecule has 4 heteroatoms. The third-order valence-corrected chi connectivity index (χ3v) is 6.66. The molecule has 2 aromatic carbocycles. The number of ether oxygens (including phenoxy) is 2. The second-order valence-corrected chi connectivity index (χ2v) is 10.4. The summed E-state index contributed by atoms with van der Waals surface area (Å²) in [6.45, 7) is 8.47. The van der Waals surface area contributed by atoms with E-state index in [9.17, 15) is 0 Å². The maximum atomic E-state index is 6.03. The zero-order valence-electron chi connectivity index (χ0n) is 20.7. The average Bonchev–Trinajstić information content (AvgIpc) is 2.75. The highest BCUT2D eigenvalue weighted by atomic mass is 16.5. The first kappa shape index (κ1) is 24.8. The summed E-state index contributed by atoms with van der Waals surface area (Å²) >= 11 is 0. The van der Waals surface area contributed by atoms with Crippen molar-refractivity contribution in [3.63, 3.8) is 0 Å². The third-order valence-electron chi connectivity index (χ3n) is 6.66. The van der Waals surface area contributed by atoms with Crippen LogP contribution in [0.25, 0.3) is 0 Å². The number of hydrogen-bond donors (Lipinski definition) is 1. The first-order valence-electron chi connectivity index (χ1n) is 12.0. The van der Waals surface area contributed by atoms with Crippen LogP contribution in [0.2, 0.25) is 0 Å². The topological polar surface area (TPSA) is 33.7 Å². The van der Waals surface area contributed by atoms with Gasteiger partial charge < -0.3 is 19.7 Å². The van der Waals surface area contributed by atoms with Crippen molar-refractivity contribution in [3.8, 4) is 5.75 Å². The lowest BCUT2D eigenvalue weighted by Crippen LogP contribution is -2.51. The molecule has 3 rings (SSSR count). The molecule has 1 fully saturated rings. The quantitative estimate of drug-likeness (QED) is 0.493.